The van der Waals surface area contributed by atoms with Crippen LogP contribution in [0.15, 0.2) is 59.6 Å². The number of sulfonamides is 1. The Labute approximate surface area is 195 Å². The fourth-order valence-corrected chi connectivity index (χ4v) is 5.38. The first kappa shape index (κ1) is 23.0. The van der Waals surface area contributed by atoms with Gasteiger partial charge in [0, 0.05) is 42.1 Å². The third-order valence-corrected chi connectivity index (χ3v) is 7.34. The molecule has 1 fully saturated rings. The SMILES string of the molecule is CC1CCN(c2ccc(NS(=O)(=O)c3cccc4cccnc34)cc2C(=O)NC(C)C)CC1. The van der Waals surface area contributed by atoms with Gasteiger partial charge in [-0.15, -0.1) is 0 Å². The maximum Gasteiger partial charge on any atom is 0.264 e. The second-order valence-electron chi connectivity index (χ2n) is 8.97. The topological polar surface area (TPSA) is 91.4 Å². The van der Waals surface area contributed by atoms with Crippen molar-refractivity contribution in [2.24, 2.45) is 5.92 Å². The Morgan fingerprint density at radius 1 is 1.09 bits per heavy atom. The molecule has 3 aromatic rings. The lowest BCUT2D eigenvalue weighted by Crippen LogP contribution is -2.36. The second-order valence-corrected chi connectivity index (χ2v) is 10.6. The van der Waals surface area contributed by atoms with Gasteiger partial charge in [-0.25, -0.2) is 8.42 Å². The number of hydrogen-bond donors (Lipinski definition) is 2. The molecule has 0 radical (unpaired) electrons. The number of anilines is 2. The molecule has 2 N–H and O–H groups in total. The lowest BCUT2D eigenvalue weighted by Gasteiger charge is -2.33. The molecule has 0 spiro atoms. The minimum atomic E-state index is -3.91. The molecular weight excluding hydrogens is 436 g/mol. The number of carbonyl (C=O) groups is 1. The van der Waals surface area contributed by atoms with Crippen molar-refractivity contribution < 1.29 is 13.2 Å². The molecule has 4 rings (SSSR count). The van der Waals surface area contributed by atoms with Gasteiger partial charge in [0.25, 0.3) is 15.9 Å². The van der Waals surface area contributed by atoms with Crippen molar-refractivity contribution >= 4 is 38.2 Å². The minimum absolute atomic E-state index is 0.0335. The predicted molar refractivity (Wildman–Crippen MR) is 132 cm³/mol. The number of benzene rings is 2. The van der Waals surface area contributed by atoms with Crippen molar-refractivity contribution in [1.82, 2.24) is 10.3 Å². The molecule has 1 aromatic heterocycles. The van der Waals surface area contributed by atoms with Crippen molar-refractivity contribution in [2.45, 2.75) is 44.6 Å². The van der Waals surface area contributed by atoms with E-state index < -0.39 is 10.0 Å². The Kier molecular flexibility index (Phi) is 6.56. The molecule has 1 aliphatic rings. The second kappa shape index (κ2) is 9.39. The molecular formula is C25H30N4O3S. The third kappa shape index (κ3) is 5.11. The van der Waals surface area contributed by atoms with Gasteiger partial charge >= 0.3 is 0 Å². The molecule has 2 heterocycles. The molecule has 0 saturated carbocycles. The number of para-hydroxylation sites is 1. The van der Waals surface area contributed by atoms with E-state index in [1.54, 1.807) is 30.5 Å². The highest BCUT2D eigenvalue weighted by Crippen LogP contribution is 2.30. The predicted octanol–water partition coefficient (Wildman–Crippen LogP) is 4.41. The number of amides is 1. The monoisotopic (exact) mass is 466 g/mol. The lowest BCUT2D eigenvalue weighted by molar-refractivity contribution is 0.0943. The van der Waals surface area contributed by atoms with Crippen LogP contribution in [-0.4, -0.2) is 38.4 Å². The normalized spacial score (nSPS) is 15.1. The van der Waals surface area contributed by atoms with E-state index >= 15 is 0 Å². The summed E-state index contributed by atoms with van der Waals surface area (Å²) < 4.78 is 29.1. The molecule has 1 aliphatic heterocycles. The molecule has 1 saturated heterocycles. The van der Waals surface area contributed by atoms with Crippen molar-refractivity contribution in [3.8, 4) is 0 Å². The molecule has 0 bridgehead atoms. The zero-order valence-electron chi connectivity index (χ0n) is 19.2. The van der Waals surface area contributed by atoms with Crippen LogP contribution in [0.5, 0.6) is 0 Å². The maximum absolute atomic E-state index is 13.2. The highest BCUT2D eigenvalue weighted by Gasteiger charge is 2.24. The summed E-state index contributed by atoms with van der Waals surface area (Å²) in [5.41, 5.74) is 2.04. The molecule has 1 amide bonds. The van der Waals surface area contributed by atoms with E-state index in [4.69, 9.17) is 0 Å². The number of fused-ring (bicyclic) bond motifs is 1. The fraction of sp³-hybridized carbons (Fsp3) is 0.360. The van der Waals surface area contributed by atoms with Gasteiger partial charge < -0.3 is 10.2 Å². The standard InChI is InChI=1S/C25H30N4O3S/c1-17(2)27-25(30)21-16-20(9-10-22(21)29-14-11-18(3)12-15-29)28-33(31,32)23-8-4-6-19-7-5-13-26-24(19)23/h4-10,13,16-18,28H,11-12,14-15H2,1-3H3,(H,27,30). The lowest BCUT2D eigenvalue weighted by atomic mass is 9.98. The van der Waals surface area contributed by atoms with Gasteiger partial charge in [0.1, 0.15) is 4.90 Å². The Morgan fingerprint density at radius 3 is 2.55 bits per heavy atom. The Balaban J connectivity index is 1.69. The van der Waals surface area contributed by atoms with E-state index in [9.17, 15) is 13.2 Å². The first-order valence-electron chi connectivity index (χ1n) is 11.3. The summed E-state index contributed by atoms with van der Waals surface area (Å²) in [4.78, 5) is 19.6. The van der Waals surface area contributed by atoms with Crippen LogP contribution in [0.2, 0.25) is 0 Å². The Morgan fingerprint density at radius 2 is 1.82 bits per heavy atom. The van der Waals surface area contributed by atoms with Crippen molar-refractivity contribution in [1.29, 1.82) is 0 Å². The molecule has 0 aliphatic carbocycles. The summed E-state index contributed by atoms with van der Waals surface area (Å²) in [5.74, 6) is 0.445. The first-order chi connectivity index (χ1) is 15.7. The van der Waals surface area contributed by atoms with Crippen LogP contribution in [-0.2, 0) is 10.0 Å². The van der Waals surface area contributed by atoms with E-state index in [1.165, 1.54) is 6.07 Å². The van der Waals surface area contributed by atoms with E-state index in [-0.39, 0.29) is 16.8 Å². The van der Waals surface area contributed by atoms with E-state index in [1.807, 2.05) is 32.0 Å². The smallest absolute Gasteiger partial charge is 0.264 e. The number of nitrogens with zero attached hydrogens (tertiary/aromatic N) is 2. The number of hydrogen-bond acceptors (Lipinski definition) is 5. The maximum atomic E-state index is 13.2. The van der Waals surface area contributed by atoms with Crippen LogP contribution < -0.4 is 14.9 Å². The van der Waals surface area contributed by atoms with Crippen LogP contribution in [0.25, 0.3) is 10.9 Å². The molecule has 33 heavy (non-hydrogen) atoms. The van der Waals surface area contributed by atoms with Crippen molar-refractivity contribution in [2.75, 3.05) is 22.7 Å². The van der Waals surface area contributed by atoms with E-state index in [0.717, 1.165) is 37.0 Å². The molecule has 8 heteroatoms. The van der Waals surface area contributed by atoms with E-state index in [0.29, 0.717) is 22.7 Å². The molecule has 0 atom stereocenters. The zero-order chi connectivity index (χ0) is 23.6. The third-order valence-electron chi connectivity index (χ3n) is 5.92. The molecule has 7 nitrogen and oxygen atoms in total. The minimum Gasteiger partial charge on any atom is -0.371 e. The summed E-state index contributed by atoms with van der Waals surface area (Å²) in [6.45, 7) is 7.79. The Hall–Kier alpha value is -3.13. The average Bonchev–Trinajstić information content (AvgIpc) is 2.78. The number of aromatic nitrogens is 1. The van der Waals surface area contributed by atoms with Gasteiger partial charge in [0.05, 0.1) is 11.1 Å². The van der Waals surface area contributed by atoms with Gasteiger partial charge in [-0.05, 0) is 62.9 Å². The van der Waals surface area contributed by atoms with Gasteiger partial charge in [0.15, 0.2) is 0 Å². The molecule has 0 unspecified atom stereocenters. The zero-order valence-corrected chi connectivity index (χ0v) is 20.0. The first-order valence-corrected chi connectivity index (χ1v) is 12.8. The summed E-state index contributed by atoms with van der Waals surface area (Å²) in [5, 5.41) is 3.68. The molecule has 2 aromatic carbocycles. The molecule has 174 valence electrons. The summed E-state index contributed by atoms with van der Waals surface area (Å²) in [6, 6.07) is 13.8. The summed E-state index contributed by atoms with van der Waals surface area (Å²) in [6.07, 6.45) is 3.70. The van der Waals surface area contributed by atoms with Crippen LogP contribution >= 0.6 is 0 Å². The Bertz CT molecular complexity index is 1260. The van der Waals surface area contributed by atoms with Crippen molar-refractivity contribution in [3.05, 3.63) is 60.3 Å². The highest BCUT2D eigenvalue weighted by atomic mass is 32.2. The number of piperidine rings is 1. The summed E-state index contributed by atoms with van der Waals surface area (Å²) >= 11 is 0. The van der Waals surface area contributed by atoms with Crippen LogP contribution in [0, 0.1) is 5.92 Å². The van der Waals surface area contributed by atoms with Crippen LogP contribution in [0.4, 0.5) is 11.4 Å². The summed E-state index contributed by atoms with van der Waals surface area (Å²) in [7, 11) is -3.91. The number of rotatable bonds is 6. The van der Waals surface area contributed by atoms with Crippen molar-refractivity contribution in [3.63, 3.8) is 0 Å². The number of carbonyl (C=O) groups excluding carboxylic acids is 1. The van der Waals surface area contributed by atoms with Crippen LogP contribution in [0.3, 0.4) is 0 Å². The van der Waals surface area contributed by atoms with Gasteiger partial charge in [-0.1, -0.05) is 25.1 Å². The number of pyridine rings is 1. The van der Waals surface area contributed by atoms with Gasteiger partial charge in [0.2, 0.25) is 0 Å². The number of nitrogens with one attached hydrogen (secondary N) is 2. The van der Waals surface area contributed by atoms with E-state index in [2.05, 4.69) is 26.8 Å². The van der Waals surface area contributed by atoms with Crippen LogP contribution in [0.1, 0.15) is 44.0 Å². The quantitative estimate of drug-likeness (QED) is 0.562. The fourth-order valence-electron chi connectivity index (χ4n) is 4.15. The highest BCUT2D eigenvalue weighted by molar-refractivity contribution is 7.93. The van der Waals surface area contributed by atoms with Gasteiger partial charge in [-0.3, -0.25) is 14.5 Å². The average molecular weight is 467 g/mol. The largest absolute Gasteiger partial charge is 0.371 e. The van der Waals surface area contributed by atoms with Gasteiger partial charge in [-0.2, -0.15) is 0 Å².